The van der Waals surface area contributed by atoms with Gasteiger partial charge in [0.2, 0.25) is 0 Å². The molecule has 1 saturated heterocycles. The Hall–Kier alpha value is -2.44. The predicted octanol–water partition coefficient (Wildman–Crippen LogP) is 2.54. The number of ether oxygens (including phenoxy) is 3. The molecule has 138 valence electrons. The Kier molecular flexibility index (Phi) is 5.77. The van der Waals surface area contributed by atoms with Gasteiger partial charge < -0.3 is 24.0 Å². The van der Waals surface area contributed by atoms with Crippen LogP contribution in [0.4, 0.5) is 10.5 Å². The lowest BCUT2D eigenvalue weighted by Gasteiger charge is -2.37. The summed E-state index contributed by atoms with van der Waals surface area (Å²) in [6.45, 7) is 7.89. The monoisotopic (exact) mass is 350 g/mol. The number of rotatable bonds is 3. The SMILES string of the molecule is COC(=O)c1ccc(OC)c(N2CCN(C(=O)OC(C)(C)C)CC2)c1. The molecule has 1 aliphatic heterocycles. The van der Waals surface area contributed by atoms with Gasteiger partial charge in [-0.2, -0.15) is 0 Å². The highest BCUT2D eigenvalue weighted by atomic mass is 16.6. The highest BCUT2D eigenvalue weighted by Crippen LogP contribution is 2.30. The van der Waals surface area contributed by atoms with Crippen LogP contribution >= 0.6 is 0 Å². The minimum Gasteiger partial charge on any atom is -0.495 e. The Labute approximate surface area is 148 Å². The summed E-state index contributed by atoms with van der Waals surface area (Å²) < 4.78 is 15.6. The summed E-state index contributed by atoms with van der Waals surface area (Å²) >= 11 is 0. The van der Waals surface area contributed by atoms with Crippen molar-refractivity contribution in [1.29, 1.82) is 0 Å². The molecular weight excluding hydrogens is 324 g/mol. The summed E-state index contributed by atoms with van der Waals surface area (Å²) in [6.07, 6.45) is -0.303. The molecule has 0 aromatic heterocycles. The third-order valence-electron chi connectivity index (χ3n) is 3.87. The maximum Gasteiger partial charge on any atom is 0.410 e. The minimum atomic E-state index is -0.508. The molecule has 1 amide bonds. The van der Waals surface area contributed by atoms with E-state index in [-0.39, 0.29) is 6.09 Å². The molecule has 0 atom stereocenters. The summed E-state index contributed by atoms with van der Waals surface area (Å²) in [5.41, 5.74) is 0.772. The molecule has 0 unspecified atom stereocenters. The standard InChI is InChI=1S/C18H26N2O5/c1-18(2,3)25-17(22)20-10-8-19(9-11-20)14-12-13(16(21)24-5)6-7-15(14)23-4/h6-7,12H,8-11H2,1-5H3. The van der Waals surface area contributed by atoms with Gasteiger partial charge >= 0.3 is 12.1 Å². The van der Waals surface area contributed by atoms with Crippen molar-refractivity contribution in [3.63, 3.8) is 0 Å². The van der Waals surface area contributed by atoms with Gasteiger partial charge in [0.15, 0.2) is 0 Å². The Balaban J connectivity index is 2.09. The molecular formula is C18H26N2O5. The molecule has 1 aromatic rings. The summed E-state index contributed by atoms with van der Waals surface area (Å²) in [7, 11) is 2.94. The number of amides is 1. The third kappa shape index (κ3) is 4.78. The molecule has 0 aliphatic carbocycles. The maximum atomic E-state index is 12.2. The first-order valence-corrected chi connectivity index (χ1v) is 8.24. The molecule has 2 rings (SSSR count). The molecule has 1 fully saturated rings. The van der Waals surface area contributed by atoms with Gasteiger partial charge in [-0.1, -0.05) is 0 Å². The van der Waals surface area contributed by atoms with Crippen molar-refractivity contribution < 1.29 is 23.8 Å². The van der Waals surface area contributed by atoms with Crippen molar-refractivity contribution >= 4 is 17.7 Å². The van der Waals surface area contributed by atoms with Crippen LogP contribution in [0.1, 0.15) is 31.1 Å². The van der Waals surface area contributed by atoms with E-state index in [4.69, 9.17) is 14.2 Å². The Morgan fingerprint density at radius 3 is 2.20 bits per heavy atom. The van der Waals surface area contributed by atoms with Crippen LogP contribution in [0.15, 0.2) is 18.2 Å². The van der Waals surface area contributed by atoms with E-state index in [1.807, 2.05) is 20.8 Å². The fourth-order valence-electron chi connectivity index (χ4n) is 2.64. The Morgan fingerprint density at radius 1 is 1.04 bits per heavy atom. The molecule has 0 saturated carbocycles. The van der Waals surface area contributed by atoms with E-state index in [0.717, 1.165) is 5.69 Å². The zero-order valence-corrected chi connectivity index (χ0v) is 15.5. The predicted molar refractivity (Wildman–Crippen MR) is 94.4 cm³/mol. The lowest BCUT2D eigenvalue weighted by atomic mass is 10.1. The lowest BCUT2D eigenvalue weighted by Crippen LogP contribution is -2.50. The highest BCUT2D eigenvalue weighted by Gasteiger charge is 2.27. The van der Waals surface area contributed by atoms with Gasteiger partial charge in [-0.15, -0.1) is 0 Å². The fourth-order valence-corrected chi connectivity index (χ4v) is 2.64. The van der Waals surface area contributed by atoms with Gasteiger partial charge in [-0.05, 0) is 39.0 Å². The molecule has 1 aromatic carbocycles. The number of hydrogen-bond donors (Lipinski definition) is 0. The van der Waals surface area contributed by atoms with Crippen molar-refractivity contribution in [2.45, 2.75) is 26.4 Å². The number of piperazine rings is 1. The molecule has 0 bridgehead atoms. The number of nitrogens with zero attached hydrogens (tertiary/aromatic N) is 2. The van der Waals surface area contributed by atoms with Crippen LogP contribution in [0, 0.1) is 0 Å². The van der Waals surface area contributed by atoms with Crippen LogP contribution in [0.5, 0.6) is 5.75 Å². The van der Waals surface area contributed by atoms with Crippen molar-refractivity contribution in [3.8, 4) is 5.75 Å². The van der Waals surface area contributed by atoms with Gasteiger partial charge in [0.05, 0.1) is 25.5 Å². The van der Waals surface area contributed by atoms with E-state index in [0.29, 0.717) is 37.5 Å². The van der Waals surface area contributed by atoms with E-state index in [1.54, 1.807) is 30.2 Å². The molecule has 0 N–H and O–H groups in total. The molecule has 1 heterocycles. The summed E-state index contributed by atoms with van der Waals surface area (Å²) in [6, 6.07) is 5.18. The first-order valence-electron chi connectivity index (χ1n) is 8.24. The van der Waals surface area contributed by atoms with E-state index in [9.17, 15) is 9.59 Å². The number of carbonyl (C=O) groups is 2. The van der Waals surface area contributed by atoms with Crippen molar-refractivity contribution in [1.82, 2.24) is 4.90 Å². The molecule has 25 heavy (non-hydrogen) atoms. The second-order valence-electron chi connectivity index (χ2n) is 6.83. The van der Waals surface area contributed by atoms with E-state index in [2.05, 4.69) is 4.90 Å². The normalized spacial score (nSPS) is 14.9. The maximum absolute atomic E-state index is 12.2. The van der Waals surface area contributed by atoms with Gasteiger partial charge in [-0.25, -0.2) is 9.59 Å². The minimum absolute atomic E-state index is 0.303. The van der Waals surface area contributed by atoms with Crippen LogP contribution in [-0.4, -0.2) is 63.0 Å². The average molecular weight is 350 g/mol. The lowest BCUT2D eigenvalue weighted by molar-refractivity contribution is 0.0240. The quantitative estimate of drug-likeness (QED) is 0.781. The second kappa shape index (κ2) is 7.63. The zero-order chi connectivity index (χ0) is 18.6. The van der Waals surface area contributed by atoms with Crippen LogP contribution < -0.4 is 9.64 Å². The first-order chi connectivity index (χ1) is 11.7. The number of carbonyl (C=O) groups excluding carboxylic acids is 2. The largest absolute Gasteiger partial charge is 0.495 e. The molecule has 7 heteroatoms. The van der Waals surface area contributed by atoms with E-state index < -0.39 is 11.6 Å². The zero-order valence-electron chi connectivity index (χ0n) is 15.5. The number of anilines is 1. The van der Waals surface area contributed by atoms with Crippen LogP contribution in [0.2, 0.25) is 0 Å². The first kappa shape index (κ1) is 18.9. The highest BCUT2D eigenvalue weighted by molar-refractivity contribution is 5.91. The summed E-state index contributed by atoms with van der Waals surface area (Å²) in [4.78, 5) is 27.7. The van der Waals surface area contributed by atoms with Gasteiger partial charge in [0.1, 0.15) is 11.4 Å². The number of hydrogen-bond acceptors (Lipinski definition) is 6. The van der Waals surface area contributed by atoms with Crippen molar-refractivity contribution in [2.24, 2.45) is 0 Å². The number of esters is 1. The summed E-state index contributed by atoms with van der Waals surface area (Å²) in [5, 5.41) is 0. The topological polar surface area (TPSA) is 68.3 Å². The second-order valence-corrected chi connectivity index (χ2v) is 6.83. The smallest absolute Gasteiger partial charge is 0.410 e. The van der Waals surface area contributed by atoms with Crippen LogP contribution in [-0.2, 0) is 9.47 Å². The van der Waals surface area contributed by atoms with Crippen LogP contribution in [0.3, 0.4) is 0 Å². The molecule has 1 aliphatic rings. The van der Waals surface area contributed by atoms with Crippen molar-refractivity contribution in [3.05, 3.63) is 23.8 Å². The number of benzene rings is 1. The van der Waals surface area contributed by atoms with Gasteiger partial charge in [-0.3, -0.25) is 0 Å². The van der Waals surface area contributed by atoms with Gasteiger partial charge in [0, 0.05) is 26.2 Å². The Bertz CT molecular complexity index is 631. The summed E-state index contributed by atoms with van der Waals surface area (Å²) in [5.74, 6) is 0.287. The van der Waals surface area contributed by atoms with Gasteiger partial charge in [0.25, 0.3) is 0 Å². The molecule has 7 nitrogen and oxygen atoms in total. The van der Waals surface area contributed by atoms with Crippen molar-refractivity contribution in [2.75, 3.05) is 45.3 Å². The Morgan fingerprint density at radius 2 is 1.68 bits per heavy atom. The molecule has 0 radical (unpaired) electrons. The van der Waals surface area contributed by atoms with E-state index in [1.165, 1.54) is 7.11 Å². The average Bonchev–Trinajstić information content (AvgIpc) is 2.59. The third-order valence-corrected chi connectivity index (χ3v) is 3.87. The fraction of sp³-hybridized carbons (Fsp3) is 0.556. The van der Waals surface area contributed by atoms with Crippen LogP contribution in [0.25, 0.3) is 0 Å². The number of methoxy groups -OCH3 is 2. The van der Waals surface area contributed by atoms with E-state index >= 15 is 0 Å². The molecule has 0 spiro atoms.